The molecule has 438 valence electrons. The minimum atomic E-state index is -2.13. The van der Waals surface area contributed by atoms with Crippen LogP contribution in [-0.4, -0.2) is 134 Å². The molecule has 0 fully saturated rings. The second-order valence-corrected chi connectivity index (χ2v) is 24.5. The van der Waals surface area contributed by atoms with Gasteiger partial charge in [-0.3, -0.25) is 38.4 Å². The first kappa shape index (κ1) is 68.0. The van der Waals surface area contributed by atoms with Crippen LogP contribution >= 0.6 is 28.9 Å². The highest BCUT2D eigenvalue weighted by Crippen LogP contribution is 2.56. The van der Waals surface area contributed by atoms with E-state index in [9.17, 15) is 47.9 Å². The Kier molecular flexibility index (Phi) is 33.3. The van der Waals surface area contributed by atoms with Crippen molar-refractivity contribution in [2.24, 2.45) is 0 Å². The summed E-state index contributed by atoms with van der Waals surface area (Å²) >= 11 is 0. The molecule has 0 heterocycles. The van der Waals surface area contributed by atoms with Crippen LogP contribution in [0.3, 0.4) is 0 Å². The molecular formula is C58H81N5O14PS2+. The van der Waals surface area contributed by atoms with Crippen molar-refractivity contribution in [3.8, 4) is 0 Å². The van der Waals surface area contributed by atoms with Gasteiger partial charge in [0.2, 0.25) is 29.5 Å². The first-order valence-electron chi connectivity index (χ1n) is 27.5. The molecule has 3 aromatic rings. The van der Waals surface area contributed by atoms with E-state index in [0.717, 1.165) is 40.6 Å². The average molecular weight is 1170 g/mol. The predicted octanol–water partition coefficient (Wildman–Crippen LogP) is 5.33. The number of benzene rings is 3. The molecule has 0 aliphatic heterocycles. The Balaban J connectivity index is 1.70. The molecular weight excluding hydrogens is 1090 g/mol. The first-order valence-corrected chi connectivity index (χ1v) is 32.0. The van der Waals surface area contributed by atoms with Crippen LogP contribution in [0.4, 0.5) is 0 Å². The van der Waals surface area contributed by atoms with Crippen molar-refractivity contribution < 1.29 is 66.9 Å². The van der Waals surface area contributed by atoms with Crippen molar-refractivity contribution in [1.29, 1.82) is 0 Å². The Morgan fingerprint density at radius 3 is 1.29 bits per heavy atom. The van der Waals surface area contributed by atoms with Gasteiger partial charge < -0.3 is 45.5 Å². The summed E-state index contributed by atoms with van der Waals surface area (Å²) in [4.78, 5) is 130. The Hall–Kier alpha value is -6.31. The molecule has 4 unspecified atom stereocenters. The fourth-order valence-corrected chi connectivity index (χ4v) is 15.2. The number of esters is 4. The SMILES string of the molecule is CCCCCC(=O)NC(CCC(=O)NC(CSSCC(NC(=O)CCC(NC(=O)CCCC[P+](c1ccccc1)(c1ccccc1)c1ccccc1)C(=O)OCC)C(=O)CCC(=O)OCC)C(=O)NCC(=O)OCC)C(=O)OCC. The van der Waals surface area contributed by atoms with Crippen LogP contribution in [0.1, 0.15) is 118 Å². The van der Waals surface area contributed by atoms with E-state index in [2.05, 4.69) is 63.0 Å². The number of nitrogens with one attached hydrogen (secondary N) is 5. The van der Waals surface area contributed by atoms with Gasteiger partial charge in [0.15, 0.2) is 5.78 Å². The molecule has 3 aromatic carbocycles. The zero-order valence-electron chi connectivity index (χ0n) is 46.8. The van der Waals surface area contributed by atoms with Crippen molar-refractivity contribution in [2.45, 2.75) is 142 Å². The molecule has 0 bridgehead atoms. The van der Waals surface area contributed by atoms with Crippen molar-refractivity contribution in [1.82, 2.24) is 26.6 Å². The first-order chi connectivity index (χ1) is 38.6. The third kappa shape index (κ3) is 25.0. The summed E-state index contributed by atoms with van der Waals surface area (Å²) < 4.78 is 20.3. The second kappa shape index (κ2) is 39.1. The van der Waals surface area contributed by atoms with Crippen molar-refractivity contribution in [3.05, 3.63) is 91.0 Å². The van der Waals surface area contributed by atoms with Gasteiger partial charge in [0.25, 0.3) is 0 Å². The number of hydrogen-bond acceptors (Lipinski definition) is 16. The monoisotopic (exact) mass is 1170 g/mol. The van der Waals surface area contributed by atoms with Gasteiger partial charge in [-0.2, -0.15) is 0 Å². The molecule has 0 aromatic heterocycles. The Morgan fingerprint density at radius 2 is 0.838 bits per heavy atom. The Labute approximate surface area is 479 Å². The molecule has 80 heavy (non-hydrogen) atoms. The van der Waals surface area contributed by atoms with Crippen LogP contribution in [0.15, 0.2) is 91.0 Å². The van der Waals surface area contributed by atoms with Crippen LogP contribution in [0.25, 0.3) is 0 Å². The molecule has 0 aliphatic carbocycles. The maximum Gasteiger partial charge on any atom is 0.328 e. The summed E-state index contributed by atoms with van der Waals surface area (Å²) in [7, 11) is 0.0127. The van der Waals surface area contributed by atoms with E-state index in [1.54, 1.807) is 27.7 Å². The van der Waals surface area contributed by atoms with E-state index < -0.39 is 91.3 Å². The fraction of sp³-hybridized carbons (Fsp3) is 0.517. The zero-order chi connectivity index (χ0) is 58.5. The number of carbonyl (C=O) groups excluding carboxylic acids is 10. The minimum absolute atomic E-state index is 0.0278. The van der Waals surface area contributed by atoms with Crippen LogP contribution < -0.4 is 42.5 Å². The predicted molar refractivity (Wildman–Crippen MR) is 313 cm³/mol. The van der Waals surface area contributed by atoms with Gasteiger partial charge in [0, 0.05) is 43.6 Å². The van der Waals surface area contributed by atoms with Gasteiger partial charge in [0.1, 0.15) is 47.8 Å². The quantitative estimate of drug-likeness (QED) is 0.0158. The van der Waals surface area contributed by atoms with Gasteiger partial charge in [-0.15, -0.1) is 0 Å². The van der Waals surface area contributed by atoms with E-state index >= 15 is 0 Å². The van der Waals surface area contributed by atoms with E-state index in [1.165, 1.54) is 15.9 Å². The Morgan fingerprint density at radius 1 is 0.438 bits per heavy atom. The van der Waals surface area contributed by atoms with Gasteiger partial charge in [-0.1, -0.05) is 96.0 Å². The molecule has 0 aliphatic rings. The summed E-state index contributed by atoms with van der Waals surface area (Å²) in [5.74, 6) is -6.19. The summed E-state index contributed by atoms with van der Waals surface area (Å²) in [5.41, 5.74) is 0. The number of hydrogen-bond donors (Lipinski definition) is 5. The highest BCUT2D eigenvalue weighted by Gasteiger charge is 2.44. The van der Waals surface area contributed by atoms with E-state index in [1.807, 2.05) is 61.5 Å². The van der Waals surface area contributed by atoms with Crippen LogP contribution in [0, 0.1) is 0 Å². The lowest BCUT2D eigenvalue weighted by Crippen LogP contribution is -2.50. The Bertz CT molecular complexity index is 2330. The van der Waals surface area contributed by atoms with Gasteiger partial charge in [-0.25, -0.2) is 9.59 Å². The van der Waals surface area contributed by atoms with Crippen LogP contribution in [0.2, 0.25) is 0 Å². The number of carbonyl (C=O) groups is 10. The second-order valence-electron chi connectivity index (χ2n) is 18.4. The largest absolute Gasteiger partial charge is 0.466 e. The van der Waals surface area contributed by atoms with Gasteiger partial charge >= 0.3 is 23.9 Å². The van der Waals surface area contributed by atoms with Crippen LogP contribution in [-0.2, 0) is 66.9 Å². The maximum atomic E-state index is 13.6. The summed E-state index contributed by atoms with van der Waals surface area (Å²) in [6.07, 6.45) is 3.25. The lowest BCUT2D eigenvalue weighted by Gasteiger charge is -2.27. The smallest absolute Gasteiger partial charge is 0.328 e. The molecule has 0 saturated heterocycles. The third-order valence-corrected chi connectivity index (χ3v) is 19.3. The lowest BCUT2D eigenvalue weighted by atomic mass is 10.1. The topological polar surface area (TPSA) is 268 Å². The number of ketones is 1. The van der Waals surface area contributed by atoms with Crippen molar-refractivity contribution in [3.63, 3.8) is 0 Å². The summed E-state index contributed by atoms with van der Waals surface area (Å²) in [6.45, 7) is 8.22. The molecule has 4 atom stereocenters. The molecule has 22 heteroatoms. The lowest BCUT2D eigenvalue weighted by molar-refractivity contribution is -0.148. The highest BCUT2D eigenvalue weighted by atomic mass is 33.1. The van der Waals surface area contributed by atoms with Gasteiger partial charge in [0.05, 0.1) is 45.1 Å². The number of amides is 5. The highest BCUT2D eigenvalue weighted by molar-refractivity contribution is 8.76. The molecule has 0 radical (unpaired) electrons. The molecule has 5 amide bonds. The molecule has 3 rings (SSSR count). The summed E-state index contributed by atoms with van der Waals surface area (Å²) in [6, 6.07) is 26.5. The number of unbranched alkanes of at least 4 members (excludes halogenated alkanes) is 3. The summed E-state index contributed by atoms with van der Waals surface area (Å²) in [5, 5.41) is 16.9. The molecule has 0 saturated carbocycles. The molecule has 5 N–H and O–H groups in total. The standard InChI is InChI=1S/C58H80N5O14PS2/c1-6-11-15-30-50(65)60-46(58(73)77-10-5)33-36-53(68)63-48(56(71)59-39-55(70)75-8-3)41-80-79-40-47(49(64)34-37-54(69)74-7-2)62-52(67)35-32-45(57(72)76-9-4)61-51(66)31-22-23-38-78(42-24-16-12-17-25-42,43-26-18-13-19-27-43)44-28-20-14-21-29-44/h12-14,16-21,24-29,45-48H,6-11,15,22-23,30-41H2,1-5H3,(H4-,59,60,61,62,63,65,66,67,68,71)/p+1. The average Bonchev–Trinajstić information content (AvgIpc) is 3.45. The zero-order valence-corrected chi connectivity index (χ0v) is 49.3. The van der Waals surface area contributed by atoms with E-state index in [0.29, 0.717) is 19.3 Å². The molecule has 0 spiro atoms. The van der Waals surface area contributed by atoms with E-state index in [-0.39, 0.29) is 95.2 Å². The molecule has 19 nitrogen and oxygen atoms in total. The minimum Gasteiger partial charge on any atom is -0.466 e. The maximum absolute atomic E-state index is 13.6. The third-order valence-electron chi connectivity index (χ3n) is 12.4. The number of Topliss-reactive ketones (excluding diaryl/α,β-unsaturated/α-hetero) is 1. The van der Waals surface area contributed by atoms with Crippen LogP contribution in [0.5, 0.6) is 0 Å². The van der Waals surface area contributed by atoms with Crippen molar-refractivity contribution in [2.75, 3.05) is 50.6 Å². The normalized spacial score (nSPS) is 12.5. The fourth-order valence-electron chi connectivity index (χ4n) is 8.41. The van der Waals surface area contributed by atoms with Gasteiger partial charge in [-0.05, 0) is 96.2 Å². The number of ether oxygens (including phenoxy) is 4. The van der Waals surface area contributed by atoms with E-state index in [4.69, 9.17) is 18.9 Å². The van der Waals surface area contributed by atoms with Crippen molar-refractivity contribution >= 4 is 104 Å². The number of rotatable bonds is 40.